The number of nitrogens with zero attached hydrogens (tertiary/aromatic N) is 2. The molecule has 0 aromatic heterocycles. The van der Waals surface area contributed by atoms with Gasteiger partial charge in [0, 0.05) is 22.8 Å². The third kappa shape index (κ3) is 3.37. The normalized spacial score (nSPS) is 30.1. The molecule has 7 rings (SSSR count). The van der Waals surface area contributed by atoms with E-state index >= 15 is 0 Å². The molecule has 3 unspecified atom stereocenters. The van der Waals surface area contributed by atoms with E-state index in [1.807, 2.05) is 0 Å². The highest BCUT2D eigenvalue weighted by atomic mass is 15.5. The van der Waals surface area contributed by atoms with Crippen LogP contribution in [0.4, 0.5) is 11.4 Å². The van der Waals surface area contributed by atoms with Crippen molar-refractivity contribution in [3.8, 4) is 0 Å². The lowest BCUT2D eigenvalue weighted by atomic mass is 9.58. The molecular weight excluding hydrogens is 448 g/mol. The summed E-state index contributed by atoms with van der Waals surface area (Å²) in [5, 5.41) is 0. The number of hydrogen-bond donors (Lipinski definition) is 0. The zero-order valence-corrected chi connectivity index (χ0v) is 22.7. The largest absolute Gasteiger partial charge is 0.346 e. The van der Waals surface area contributed by atoms with Gasteiger partial charge < -0.3 is 9.80 Å². The Hall–Kier alpha value is -2.74. The topological polar surface area (TPSA) is 6.48 Å². The molecule has 37 heavy (non-hydrogen) atoms. The zero-order chi connectivity index (χ0) is 25.0. The SMILES string of the molecule is Cc1ccccc1N1C(C2CCCC2)N2c3ccccc3C(c3ccccc3)(C3CCCCC3)C2[C@@H]1C. The van der Waals surface area contributed by atoms with Crippen LogP contribution in [0.5, 0.6) is 0 Å². The van der Waals surface area contributed by atoms with Crippen molar-refractivity contribution in [2.24, 2.45) is 11.8 Å². The molecule has 2 heteroatoms. The number of aryl methyl sites for hydroxylation is 1. The Morgan fingerprint density at radius 2 is 1.27 bits per heavy atom. The summed E-state index contributed by atoms with van der Waals surface area (Å²) in [5.74, 6) is 1.40. The van der Waals surface area contributed by atoms with E-state index in [0.717, 1.165) is 5.92 Å². The highest BCUT2D eigenvalue weighted by Gasteiger charge is 2.64. The Bertz CT molecular complexity index is 1240. The van der Waals surface area contributed by atoms with E-state index in [1.165, 1.54) is 74.7 Å². The molecule has 2 heterocycles. The molecule has 0 bridgehead atoms. The molecule has 3 fully saturated rings. The lowest BCUT2D eigenvalue weighted by Crippen LogP contribution is -2.53. The highest BCUT2D eigenvalue weighted by molar-refractivity contribution is 5.74. The lowest BCUT2D eigenvalue weighted by molar-refractivity contribution is 0.209. The van der Waals surface area contributed by atoms with Crippen LogP contribution in [0, 0.1) is 18.8 Å². The standard InChI is InChI=1S/C35H42N2/c1-25-15-9-13-23-31(25)36-26(2)33-35(28-18-5-3-6-19-28,29-20-7-4-8-21-29)30-22-12-14-24-32(30)37(33)34(36)27-16-10-11-17-27/h3,5-6,9,12-15,18-19,22-24,26-27,29,33-34H,4,7-8,10-11,16-17,20-21H2,1-2H3/t26-,33?,34?,35?/m0/s1. The van der Waals surface area contributed by atoms with Crippen molar-refractivity contribution in [2.75, 3.05) is 9.80 Å². The molecule has 3 aromatic rings. The molecule has 4 aliphatic rings. The molecular formula is C35H42N2. The number of anilines is 2. The van der Waals surface area contributed by atoms with E-state index in [2.05, 4.69) is 103 Å². The van der Waals surface area contributed by atoms with Crippen LogP contribution >= 0.6 is 0 Å². The summed E-state index contributed by atoms with van der Waals surface area (Å²) < 4.78 is 0. The lowest BCUT2D eigenvalue weighted by Gasteiger charge is -2.47. The molecule has 2 saturated carbocycles. The van der Waals surface area contributed by atoms with Crippen molar-refractivity contribution in [1.82, 2.24) is 0 Å². The summed E-state index contributed by atoms with van der Waals surface area (Å²) in [4.78, 5) is 5.84. The monoisotopic (exact) mass is 490 g/mol. The average molecular weight is 491 g/mol. The molecule has 3 aromatic carbocycles. The van der Waals surface area contributed by atoms with Gasteiger partial charge in [0.1, 0.15) is 6.17 Å². The van der Waals surface area contributed by atoms with E-state index in [1.54, 1.807) is 11.1 Å². The first-order valence-electron chi connectivity index (χ1n) is 15.0. The minimum Gasteiger partial charge on any atom is -0.346 e. The van der Waals surface area contributed by atoms with Gasteiger partial charge in [-0.25, -0.2) is 0 Å². The molecule has 0 radical (unpaired) electrons. The van der Waals surface area contributed by atoms with Crippen molar-refractivity contribution < 1.29 is 0 Å². The van der Waals surface area contributed by atoms with E-state index in [4.69, 9.17) is 0 Å². The summed E-state index contributed by atoms with van der Waals surface area (Å²) in [7, 11) is 0. The predicted molar refractivity (Wildman–Crippen MR) is 155 cm³/mol. The van der Waals surface area contributed by atoms with Crippen LogP contribution in [-0.4, -0.2) is 18.2 Å². The Labute approximate surface area is 223 Å². The van der Waals surface area contributed by atoms with Crippen molar-refractivity contribution in [3.63, 3.8) is 0 Å². The third-order valence-corrected chi connectivity index (χ3v) is 10.6. The molecule has 2 aliphatic heterocycles. The van der Waals surface area contributed by atoms with Crippen molar-refractivity contribution >= 4 is 11.4 Å². The first kappa shape index (κ1) is 23.4. The second-order valence-corrected chi connectivity index (χ2v) is 12.3. The van der Waals surface area contributed by atoms with E-state index in [9.17, 15) is 0 Å². The van der Waals surface area contributed by atoms with Gasteiger partial charge in [-0.15, -0.1) is 0 Å². The predicted octanol–water partition coefficient (Wildman–Crippen LogP) is 8.48. The number of rotatable bonds is 4. The number of benzene rings is 3. The smallest absolute Gasteiger partial charge is 0.105 e. The maximum Gasteiger partial charge on any atom is 0.105 e. The van der Waals surface area contributed by atoms with Gasteiger partial charge >= 0.3 is 0 Å². The van der Waals surface area contributed by atoms with Gasteiger partial charge in [-0.3, -0.25) is 0 Å². The number of para-hydroxylation sites is 2. The molecule has 1 saturated heterocycles. The fourth-order valence-electron chi connectivity index (χ4n) is 9.24. The molecule has 0 spiro atoms. The fourth-order valence-corrected chi connectivity index (χ4v) is 9.24. The van der Waals surface area contributed by atoms with Crippen LogP contribution in [0.3, 0.4) is 0 Å². The highest BCUT2D eigenvalue weighted by Crippen LogP contribution is 2.62. The van der Waals surface area contributed by atoms with Crippen LogP contribution in [0.2, 0.25) is 0 Å². The molecule has 2 aliphatic carbocycles. The minimum atomic E-state index is 0.0337. The summed E-state index contributed by atoms with van der Waals surface area (Å²) in [6, 6.07) is 31.3. The molecule has 192 valence electrons. The summed E-state index contributed by atoms with van der Waals surface area (Å²) in [6.07, 6.45) is 12.7. The molecule has 0 N–H and O–H groups in total. The van der Waals surface area contributed by atoms with Crippen molar-refractivity contribution in [1.29, 1.82) is 0 Å². The van der Waals surface area contributed by atoms with Crippen LogP contribution in [0.1, 0.15) is 81.4 Å². The van der Waals surface area contributed by atoms with Gasteiger partial charge in [0.15, 0.2) is 0 Å². The maximum absolute atomic E-state index is 2.96. The Morgan fingerprint density at radius 1 is 0.649 bits per heavy atom. The van der Waals surface area contributed by atoms with Crippen molar-refractivity contribution in [3.05, 3.63) is 95.6 Å². The summed E-state index contributed by atoms with van der Waals surface area (Å²) >= 11 is 0. The van der Waals surface area contributed by atoms with E-state index < -0.39 is 0 Å². The quantitative estimate of drug-likeness (QED) is 0.362. The minimum absolute atomic E-state index is 0.0337. The Morgan fingerprint density at radius 3 is 2.00 bits per heavy atom. The maximum atomic E-state index is 2.96. The van der Waals surface area contributed by atoms with Crippen LogP contribution < -0.4 is 9.80 Å². The summed E-state index contributed by atoms with van der Waals surface area (Å²) in [6.45, 7) is 4.88. The third-order valence-electron chi connectivity index (χ3n) is 10.6. The molecule has 0 amide bonds. The second kappa shape index (κ2) is 9.22. The fraction of sp³-hybridized carbons (Fsp3) is 0.486. The van der Waals surface area contributed by atoms with E-state index in [0.29, 0.717) is 24.2 Å². The Kier molecular flexibility index (Phi) is 5.83. The van der Waals surface area contributed by atoms with Crippen LogP contribution in [0.15, 0.2) is 78.9 Å². The van der Waals surface area contributed by atoms with Gasteiger partial charge in [0.2, 0.25) is 0 Å². The van der Waals surface area contributed by atoms with Gasteiger partial charge in [0.25, 0.3) is 0 Å². The van der Waals surface area contributed by atoms with E-state index in [-0.39, 0.29) is 5.41 Å². The molecule has 2 nitrogen and oxygen atoms in total. The van der Waals surface area contributed by atoms with Crippen molar-refractivity contribution in [2.45, 2.75) is 95.3 Å². The molecule has 4 atom stereocenters. The van der Waals surface area contributed by atoms with Gasteiger partial charge in [-0.2, -0.15) is 0 Å². The first-order chi connectivity index (χ1) is 18.2. The number of hydrogen-bond acceptors (Lipinski definition) is 2. The number of fused-ring (bicyclic) bond motifs is 3. The van der Waals surface area contributed by atoms with Crippen LogP contribution in [-0.2, 0) is 5.41 Å². The zero-order valence-electron chi connectivity index (χ0n) is 22.7. The van der Waals surface area contributed by atoms with Crippen LogP contribution in [0.25, 0.3) is 0 Å². The second-order valence-electron chi connectivity index (χ2n) is 12.3. The average Bonchev–Trinajstić information content (AvgIpc) is 3.65. The van der Waals surface area contributed by atoms with Gasteiger partial charge in [0.05, 0.1) is 6.04 Å². The van der Waals surface area contributed by atoms with Gasteiger partial charge in [-0.1, -0.05) is 98.8 Å². The Balaban J connectivity index is 1.50. The van der Waals surface area contributed by atoms with Gasteiger partial charge in [-0.05, 0) is 80.2 Å². The first-order valence-corrected chi connectivity index (χ1v) is 15.0. The summed E-state index contributed by atoms with van der Waals surface area (Å²) in [5.41, 5.74) is 7.57.